The number of carbonyl (C=O) groups excluding carboxylic acids is 1. The summed E-state index contributed by atoms with van der Waals surface area (Å²) in [4.78, 5) is 18.9. The van der Waals surface area contributed by atoms with E-state index in [1.54, 1.807) is 17.0 Å². The van der Waals surface area contributed by atoms with Crippen molar-refractivity contribution in [3.63, 3.8) is 0 Å². The van der Waals surface area contributed by atoms with Gasteiger partial charge in [-0.3, -0.25) is 4.79 Å². The number of piperidine rings is 1. The topological polar surface area (TPSA) is 70.1 Å². The van der Waals surface area contributed by atoms with Gasteiger partial charge in [-0.2, -0.15) is 13.2 Å². The molecule has 3 heterocycles. The van der Waals surface area contributed by atoms with Crippen LogP contribution in [0.5, 0.6) is 11.6 Å². The minimum Gasteiger partial charge on any atom is -0.487 e. The molecule has 2 aromatic rings. The molecular weight excluding hydrogens is 472 g/mol. The molecule has 1 aliphatic carbocycles. The largest absolute Gasteiger partial charge is 0.487 e. The molecule has 0 radical (unpaired) electrons. The molecule has 188 valence electrons. The van der Waals surface area contributed by atoms with E-state index in [2.05, 4.69) is 4.98 Å². The summed E-state index contributed by atoms with van der Waals surface area (Å²) in [6.07, 6.45) is -4.41. The van der Waals surface area contributed by atoms with Crippen molar-refractivity contribution in [1.29, 1.82) is 0 Å². The summed E-state index contributed by atoms with van der Waals surface area (Å²) >= 11 is 0. The number of methoxy groups -OCH3 is 1. The first-order valence-electron chi connectivity index (χ1n) is 11.2. The lowest BCUT2D eigenvalue weighted by Gasteiger charge is -2.41. The smallest absolute Gasteiger partial charge is 0.397 e. The van der Waals surface area contributed by atoms with Crippen LogP contribution in [0.4, 0.5) is 17.6 Å². The second kappa shape index (κ2) is 8.63. The van der Waals surface area contributed by atoms with E-state index in [0.29, 0.717) is 18.5 Å². The molecule has 35 heavy (non-hydrogen) atoms. The molecule has 2 aliphatic heterocycles. The summed E-state index contributed by atoms with van der Waals surface area (Å²) in [6, 6.07) is 8.93. The van der Waals surface area contributed by atoms with Crippen LogP contribution in [-0.2, 0) is 15.1 Å². The molecule has 1 saturated carbocycles. The number of halogens is 4. The number of hydrogen-bond acceptors (Lipinski definition) is 6. The van der Waals surface area contributed by atoms with E-state index in [0.717, 1.165) is 0 Å². The number of amides is 1. The standard InChI is InChI=1S/C24H24F4N2O5/c1-32-20-18(33-13-22(7-8-22)24(26,27)28)6-5-17(29-20)21(31)30-10-9-23(19(12-30)34-14-35-23)15-3-2-4-16(25)11-15/h2-6,11,19H,7-10,12-14H2,1H3/t19-,23-/m1/s1. The second-order valence-electron chi connectivity index (χ2n) is 9.09. The number of alkyl halides is 3. The van der Waals surface area contributed by atoms with E-state index in [-0.39, 0.29) is 49.3 Å². The average Bonchev–Trinajstić information content (AvgIpc) is 3.53. The molecule has 2 atom stereocenters. The van der Waals surface area contributed by atoms with Gasteiger partial charge in [0.15, 0.2) is 5.75 Å². The Labute approximate surface area is 198 Å². The molecule has 11 heteroatoms. The summed E-state index contributed by atoms with van der Waals surface area (Å²) in [5.74, 6) is -0.811. The number of aromatic nitrogens is 1. The maximum absolute atomic E-state index is 13.8. The predicted molar refractivity (Wildman–Crippen MR) is 113 cm³/mol. The van der Waals surface area contributed by atoms with Gasteiger partial charge in [0.25, 0.3) is 11.8 Å². The number of carbonyl (C=O) groups is 1. The molecule has 3 fully saturated rings. The molecule has 0 bridgehead atoms. The van der Waals surface area contributed by atoms with Crippen LogP contribution in [0, 0.1) is 11.2 Å². The third-order valence-electron chi connectivity index (χ3n) is 7.04. The van der Waals surface area contributed by atoms with Gasteiger partial charge < -0.3 is 23.8 Å². The van der Waals surface area contributed by atoms with E-state index in [9.17, 15) is 22.4 Å². The van der Waals surface area contributed by atoms with Crippen molar-refractivity contribution in [3.05, 3.63) is 53.5 Å². The fraction of sp³-hybridized carbons (Fsp3) is 0.500. The van der Waals surface area contributed by atoms with Crippen molar-refractivity contribution in [2.75, 3.05) is 33.6 Å². The van der Waals surface area contributed by atoms with E-state index in [1.807, 2.05) is 0 Å². The molecule has 0 unspecified atom stereocenters. The van der Waals surface area contributed by atoms with Crippen LogP contribution in [-0.4, -0.2) is 61.7 Å². The lowest BCUT2D eigenvalue weighted by molar-refractivity contribution is -0.194. The van der Waals surface area contributed by atoms with Crippen molar-refractivity contribution in [2.24, 2.45) is 5.41 Å². The van der Waals surface area contributed by atoms with Crippen LogP contribution in [0.3, 0.4) is 0 Å². The highest BCUT2D eigenvalue weighted by Crippen LogP contribution is 2.57. The third kappa shape index (κ3) is 4.20. The molecule has 3 aliphatic rings. The van der Waals surface area contributed by atoms with Gasteiger partial charge in [-0.05, 0) is 42.7 Å². The highest BCUT2D eigenvalue weighted by atomic mass is 19.4. The number of pyridine rings is 1. The lowest BCUT2D eigenvalue weighted by atomic mass is 9.82. The minimum atomic E-state index is -4.34. The molecule has 0 spiro atoms. The van der Waals surface area contributed by atoms with Crippen LogP contribution >= 0.6 is 0 Å². The number of hydrogen-bond donors (Lipinski definition) is 0. The Morgan fingerprint density at radius 2 is 2.03 bits per heavy atom. The van der Waals surface area contributed by atoms with Gasteiger partial charge in [0.2, 0.25) is 0 Å². The van der Waals surface area contributed by atoms with Crippen LogP contribution in [0.25, 0.3) is 0 Å². The van der Waals surface area contributed by atoms with Crippen LogP contribution < -0.4 is 9.47 Å². The number of nitrogens with zero attached hydrogens (tertiary/aromatic N) is 2. The van der Waals surface area contributed by atoms with Crippen molar-refractivity contribution in [3.8, 4) is 11.6 Å². The number of ether oxygens (including phenoxy) is 4. The molecule has 1 aromatic heterocycles. The van der Waals surface area contributed by atoms with Gasteiger partial charge >= 0.3 is 6.18 Å². The molecule has 1 amide bonds. The second-order valence-corrected chi connectivity index (χ2v) is 9.09. The van der Waals surface area contributed by atoms with Gasteiger partial charge in [0.05, 0.1) is 13.7 Å². The Bertz CT molecular complexity index is 1120. The normalized spacial score (nSPS) is 25.2. The van der Waals surface area contributed by atoms with Crippen molar-refractivity contribution in [1.82, 2.24) is 9.88 Å². The number of likely N-dealkylation sites (tertiary alicyclic amines) is 1. The molecule has 1 aromatic carbocycles. The SMILES string of the molecule is COc1nc(C(=O)N2CC[C@]3(c4cccc(F)c4)OCO[C@@H]3C2)ccc1OCC1(C(F)(F)F)CC1. The first kappa shape index (κ1) is 23.8. The summed E-state index contributed by atoms with van der Waals surface area (Å²) in [6.45, 7) is 0.00707. The maximum atomic E-state index is 13.8. The van der Waals surface area contributed by atoms with Gasteiger partial charge in [0, 0.05) is 13.0 Å². The van der Waals surface area contributed by atoms with E-state index < -0.39 is 35.8 Å². The van der Waals surface area contributed by atoms with Crippen LogP contribution in [0.2, 0.25) is 0 Å². The molecule has 7 nitrogen and oxygen atoms in total. The highest BCUT2D eigenvalue weighted by Gasteiger charge is 2.64. The fourth-order valence-corrected chi connectivity index (χ4v) is 4.67. The summed E-state index contributed by atoms with van der Waals surface area (Å²) in [5, 5.41) is 0. The number of fused-ring (bicyclic) bond motifs is 1. The highest BCUT2D eigenvalue weighted by molar-refractivity contribution is 5.92. The number of rotatable bonds is 6. The Balaban J connectivity index is 1.29. The van der Waals surface area contributed by atoms with Gasteiger partial charge in [-0.1, -0.05) is 12.1 Å². The summed E-state index contributed by atoms with van der Waals surface area (Å²) in [7, 11) is 1.30. The Hall–Kier alpha value is -2.92. The Morgan fingerprint density at radius 3 is 2.71 bits per heavy atom. The monoisotopic (exact) mass is 496 g/mol. The molecular formula is C24H24F4N2O5. The van der Waals surface area contributed by atoms with E-state index in [4.69, 9.17) is 18.9 Å². The van der Waals surface area contributed by atoms with E-state index >= 15 is 0 Å². The van der Waals surface area contributed by atoms with Crippen LogP contribution in [0.1, 0.15) is 35.3 Å². The van der Waals surface area contributed by atoms with Crippen molar-refractivity contribution in [2.45, 2.75) is 37.1 Å². The quantitative estimate of drug-likeness (QED) is 0.562. The first-order valence-corrected chi connectivity index (χ1v) is 11.2. The lowest BCUT2D eigenvalue weighted by Crippen LogP contribution is -2.53. The molecule has 0 N–H and O–H groups in total. The summed E-state index contributed by atoms with van der Waals surface area (Å²) < 4.78 is 75.6. The van der Waals surface area contributed by atoms with Crippen molar-refractivity contribution < 1.29 is 41.3 Å². The first-order chi connectivity index (χ1) is 16.7. The number of benzene rings is 1. The molecule has 2 saturated heterocycles. The fourth-order valence-electron chi connectivity index (χ4n) is 4.67. The maximum Gasteiger partial charge on any atom is 0.397 e. The van der Waals surface area contributed by atoms with Gasteiger partial charge in [-0.15, -0.1) is 0 Å². The Kier molecular flexibility index (Phi) is 5.87. The zero-order valence-corrected chi connectivity index (χ0v) is 18.9. The predicted octanol–water partition coefficient (Wildman–Crippen LogP) is 4.06. The summed E-state index contributed by atoms with van der Waals surface area (Å²) in [5.41, 5.74) is -1.97. The Morgan fingerprint density at radius 1 is 1.23 bits per heavy atom. The molecule has 5 rings (SSSR count). The average molecular weight is 496 g/mol. The van der Waals surface area contributed by atoms with Crippen molar-refractivity contribution >= 4 is 5.91 Å². The van der Waals surface area contributed by atoms with Crippen LogP contribution in [0.15, 0.2) is 36.4 Å². The van der Waals surface area contributed by atoms with E-state index in [1.165, 1.54) is 31.4 Å². The third-order valence-corrected chi connectivity index (χ3v) is 7.04. The van der Waals surface area contributed by atoms with Gasteiger partial charge in [0.1, 0.15) is 42.0 Å². The zero-order valence-electron chi connectivity index (χ0n) is 18.9. The zero-order chi connectivity index (χ0) is 24.8. The van der Waals surface area contributed by atoms with Gasteiger partial charge in [-0.25, -0.2) is 9.37 Å². The minimum absolute atomic E-state index is 0.0157.